The minimum absolute atomic E-state index is 0.847. The first-order valence-electron chi connectivity index (χ1n) is 3.80. The molecule has 0 N–H and O–H groups in total. The van der Waals surface area contributed by atoms with Crippen LogP contribution in [0.2, 0.25) is 0 Å². The third-order valence-electron chi connectivity index (χ3n) is 1.14. The van der Waals surface area contributed by atoms with E-state index in [4.69, 9.17) is 12.8 Å². The number of rotatable bonds is 0. The van der Waals surface area contributed by atoms with Crippen LogP contribution in [0, 0.1) is 24.7 Å². The smallest absolute Gasteiger partial charge is 0.0242 e. The van der Waals surface area contributed by atoms with Crippen molar-refractivity contribution >= 4 is 0 Å². The number of hydrogen-bond donors (Lipinski definition) is 0. The first kappa shape index (κ1) is 10.3. The molecule has 0 radical (unpaired) electrons. The normalized spacial score (nSPS) is 6.92. The van der Waals surface area contributed by atoms with Crippen LogP contribution in [-0.2, 0) is 0 Å². The van der Waals surface area contributed by atoms with Crippen molar-refractivity contribution in [1.29, 1.82) is 0 Å². The second-order valence-electron chi connectivity index (χ2n) is 2.07. The van der Waals surface area contributed by atoms with Crippen LogP contribution >= 0.6 is 0 Å². The molecule has 0 fully saturated rings. The minimum atomic E-state index is 0.847. The van der Waals surface area contributed by atoms with Gasteiger partial charge in [0.25, 0.3) is 0 Å². The first-order valence-corrected chi connectivity index (χ1v) is 3.80. The van der Waals surface area contributed by atoms with Gasteiger partial charge in [-0.2, -0.15) is 0 Å². The van der Waals surface area contributed by atoms with E-state index in [0.29, 0.717) is 0 Å². The number of hydrogen-bond acceptors (Lipinski definition) is 0. The molecule has 0 unspecified atom stereocenters. The summed E-state index contributed by atoms with van der Waals surface area (Å²) in [4.78, 5) is 0. The Kier molecular flexibility index (Phi) is 6.42. The Morgan fingerprint density at radius 3 is 1.92 bits per heavy atom. The zero-order valence-electron chi connectivity index (χ0n) is 7.25. The maximum atomic E-state index is 5.10. The fraction of sp³-hybridized carbons (Fsp3) is 0.167. The van der Waals surface area contributed by atoms with Crippen LogP contribution in [0.5, 0.6) is 0 Å². The zero-order valence-corrected chi connectivity index (χ0v) is 7.25. The molecule has 0 aliphatic rings. The molecular weight excluding hydrogens is 144 g/mol. The molecule has 0 nitrogen and oxygen atoms in total. The molecule has 0 saturated carbocycles. The molecule has 0 aliphatic carbocycles. The highest BCUT2D eigenvalue weighted by molar-refractivity contribution is 5.30. The Bertz CT molecular complexity index is 269. The number of benzene rings is 1. The molecule has 0 aromatic heterocycles. The lowest BCUT2D eigenvalue weighted by atomic mass is 10.2. The fourth-order valence-corrected chi connectivity index (χ4v) is 0.534. The average Bonchev–Trinajstić information content (AvgIpc) is 2.19. The molecule has 0 heterocycles. The van der Waals surface area contributed by atoms with E-state index in [1.54, 1.807) is 0 Å². The van der Waals surface area contributed by atoms with Crippen molar-refractivity contribution < 1.29 is 0 Å². The molecule has 0 amide bonds. The highest BCUT2D eigenvalue weighted by Crippen LogP contribution is 1.92. The summed E-state index contributed by atoms with van der Waals surface area (Å²) in [5.41, 5.74) is 0.938. The van der Waals surface area contributed by atoms with Gasteiger partial charge in [0, 0.05) is 12.0 Å². The van der Waals surface area contributed by atoms with E-state index < -0.39 is 0 Å². The lowest BCUT2D eigenvalue weighted by Crippen LogP contribution is -1.66. The highest BCUT2D eigenvalue weighted by atomic mass is 13.8. The second kappa shape index (κ2) is 7.45. The molecule has 0 spiro atoms. The maximum Gasteiger partial charge on any atom is 0.0242 e. The second-order valence-corrected chi connectivity index (χ2v) is 2.07. The zero-order chi connectivity index (χ0) is 9.23. The summed E-state index contributed by atoms with van der Waals surface area (Å²) in [6, 6.07) is 9.60. The lowest BCUT2D eigenvalue weighted by molar-refractivity contribution is 1.28. The van der Waals surface area contributed by atoms with Gasteiger partial charge < -0.3 is 0 Å². The van der Waals surface area contributed by atoms with E-state index in [1.165, 1.54) is 0 Å². The van der Waals surface area contributed by atoms with Crippen molar-refractivity contribution in [1.82, 2.24) is 0 Å². The molecule has 0 atom stereocenters. The Hall–Kier alpha value is -1.66. The van der Waals surface area contributed by atoms with Gasteiger partial charge in [-0.25, -0.2) is 0 Å². The average molecular weight is 156 g/mol. The van der Waals surface area contributed by atoms with Gasteiger partial charge in [-0.1, -0.05) is 31.0 Å². The van der Waals surface area contributed by atoms with E-state index in [0.717, 1.165) is 12.0 Å². The molecule has 12 heavy (non-hydrogen) atoms. The molecule has 0 saturated heterocycles. The Morgan fingerprint density at radius 2 is 1.67 bits per heavy atom. The molecule has 1 rings (SSSR count). The van der Waals surface area contributed by atoms with E-state index in [2.05, 4.69) is 11.8 Å². The summed E-state index contributed by atoms with van der Waals surface area (Å²) in [6.07, 6.45) is 10.7. The van der Waals surface area contributed by atoms with Gasteiger partial charge in [-0.3, -0.25) is 0 Å². The van der Waals surface area contributed by atoms with Crippen LogP contribution in [0.1, 0.15) is 18.9 Å². The minimum Gasteiger partial charge on any atom is -0.120 e. The third kappa shape index (κ3) is 5.15. The van der Waals surface area contributed by atoms with Crippen molar-refractivity contribution in [2.24, 2.45) is 0 Å². The van der Waals surface area contributed by atoms with Crippen LogP contribution < -0.4 is 0 Å². The Balaban J connectivity index is 0.000000261. The molecule has 1 aromatic rings. The van der Waals surface area contributed by atoms with E-state index in [-0.39, 0.29) is 0 Å². The van der Waals surface area contributed by atoms with Gasteiger partial charge in [0.15, 0.2) is 0 Å². The summed E-state index contributed by atoms with van der Waals surface area (Å²) in [6.45, 7) is 1.94. The summed E-state index contributed by atoms with van der Waals surface area (Å²) in [7, 11) is 0. The Labute approximate surface area is 74.6 Å². The van der Waals surface area contributed by atoms with Gasteiger partial charge in [0.05, 0.1) is 0 Å². The number of terminal acetylenes is 2. The third-order valence-corrected chi connectivity index (χ3v) is 1.14. The Morgan fingerprint density at radius 1 is 1.17 bits per heavy atom. The molecule has 0 aliphatic heterocycles. The predicted molar refractivity (Wildman–Crippen MR) is 53.5 cm³/mol. The topological polar surface area (TPSA) is 0 Å². The van der Waals surface area contributed by atoms with E-state index >= 15 is 0 Å². The van der Waals surface area contributed by atoms with Gasteiger partial charge in [-0.05, 0) is 12.1 Å². The molecule has 0 bridgehead atoms. The largest absolute Gasteiger partial charge is 0.120 e. The van der Waals surface area contributed by atoms with Gasteiger partial charge in [0.1, 0.15) is 0 Å². The van der Waals surface area contributed by atoms with Gasteiger partial charge >= 0.3 is 0 Å². The molecule has 0 heteroatoms. The fourth-order valence-electron chi connectivity index (χ4n) is 0.534. The van der Waals surface area contributed by atoms with Crippen LogP contribution in [-0.4, -0.2) is 0 Å². The van der Waals surface area contributed by atoms with E-state index in [9.17, 15) is 0 Å². The SMILES string of the molecule is C#CCC.C#Cc1ccccc1. The quantitative estimate of drug-likeness (QED) is 0.507. The van der Waals surface area contributed by atoms with Gasteiger partial charge in [0.2, 0.25) is 0 Å². The monoisotopic (exact) mass is 156 g/mol. The first-order chi connectivity index (χ1) is 5.85. The summed E-state index contributed by atoms with van der Waals surface area (Å²) < 4.78 is 0. The maximum absolute atomic E-state index is 5.10. The van der Waals surface area contributed by atoms with Crippen LogP contribution in [0.25, 0.3) is 0 Å². The van der Waals surface area contributed by atoms with Crippen LogP contribution in [0.4, 0.5) is 0 Å². The standard InChI is InChI=1S/C8H6.C4H6/c1-2-8-6-4-3-5-7-8;1-3-4-2/h1,3-7H;1H,4H2,2H3. The molecular formula is C12H12. The van der Waals surface area contributed by atoms with Crippen molar-refractivity contribution in [3.8, 4) is 24.7 Å². The van der Waals surface area contributed by atoms with Crippen molar-refractivity contribution in [3.05, 3.63) is 35.9 Å². The summed E-state index contributed by atoms with van der Waals surface area (Å²) in [5.74, 6) is 4.96. The van der Waals surface area contributed by atoms with Crippen LogP contribution in [0.15, 0.2) is 30.3 Å². The molecule has 1 aromatic carbocycles. The van der Waals surface area contributed by atoms with Crippen molar-refractivity contribution in [3.63, 3.8) is 0 Å². The lowest BCUT2D eigenvalue weighted by Gasteiger charge is -1.82. The van der Waals surface area contributed by atoms with Gasteiger partial charge in [-0.15, -0.1) is 18.8 Å². The summed E-state index contributed by atoms with van der Waals surface area (Å²) in [5, 5.41) is 0. The molecule has 60 valence electrons. The predicted octanol–water partition coefficient (Wildman–Crippen LogP) is 2.70. The summed E-state index contributed by atoms with van der Waals surface area (Å²) >= 11 is 0. The van der Waals surface area contributed by atoms with Crippen molar-refractivity contribution in [2.45, 2.75) is 13.3 Å². The van der Waals surface area contributed by atoms with Crippen molar-refractivity contribution in [2.75, 3.05) is 0 Å². The van der Waals surface area contributed by atoms with E-state index in [1.807, 2.05) is 37.3 Å². The van der Waals surface area contributed by atoms with Crippen LogP contribution in [0.3, 0.4) is 0 Å². The highest BCUT2D eigenvalue weighted by Gasteiger charge is 1.76.